The number of nitrogens with zero attached hydrogens (tertiary/aromatic N) is 1. The van der Waals surface area contributed by atoms with E-state index in [-0.39, 0.29) is 0 Å². The molecule has 1 saturated heterocycles. The Morgan fingerprint density at radius 2 is 2.31 bits per heavy atom. The third-order valence-electron chi connectivity index (χ3n) is 3.21. The van der Waals surface area contributed by atoms with E-state index in [1.807, 2.05) is 18.2 Å². The molecule has 1 atom stereocenters. The number of nitrogens with two attached hydrogens (primary N) is 1. The fraction of sp³-hybridized carbons (Fsp3) is 0.538. The van der Waals surface area contributed by atoms with Crippen LogP contribution < -0.4 is 5.73 Å². The molecular formula is C13H19ClN2. The first-order valence-corrected chi connectivity index (χ1v) is 6.29. The van der Waals surface area contributed by atoms with Crippen LogP contribution >= 0.6 is 11.6 Å². The van der Waals surface area contributed by atoms with Gasteiger partial charge in [-0.05, 0) is 43.0 Å². The summed E-state index contributed by atoms with van der Waals surface area (Å²) in [6.45, 7) is 5.63. The lowest BCUT2D eigenvalue weighted by Crippen LogP contribution is -2.33. The molecule has 1 aromatic carbocycles. The predicted molar refractivity (Wildman–Crippen MR) is 69.5 cm³/mol. The number of hydrogen-bond acceptors (Lipinski definition) is 2. The molecule has 0 aliphatic carbocycles. The molecule has 0 bridgehead atoms. The minimum Gasteiger partial charge on any atom is -0.399 e. The van der Waals surface area contributed by atoms with Crippen LogP contribution in [0.1, 0.15) is 25.3 Å². The molecule has 1 fully saturated rings. The molecule has 0 aromatic heterocycles. The molecule has 1 unspecified atom stereocenters. The van der Waals surface area contributed by atoms with Gasteiger partial charge in [-0.2, -0.15) is 0 Å². The fourth-order valence-electron chi connectivity index (χ4n) is 2.36. The smallest absolute Gasteiger partial charge is 0.0471 e. The summed E-state index contributed by atoms with van der Waals surface area (Å²) >= 11 is 6.18. The summed E-state index contributed by atoms with van der Waals surface area (Å²) in [5.74, 6) is 0.807. The summed E-state index contributed by atoms with van der Waals surface area (Å²) in [5.41, 5.74) is 7.61. The van der Waals surface area contributed by atoms with E-state index >= 15 is 0 Å². The van der Waals surface area contributed by atoms with E-state index in [0.29, 0.717) is 0 Å². The fourth-order valence-corrected chi connectivity index (χ4v) is 2.61. The molecule has 1 aromatic rings. The molecule has 1 aliphatic rings. The minimum atomic E-state index is 0.737. The number of nitrogen functional groups attached to an aromatic ring is 1. The van der Waals surface area contributed by atoms with Crippen molar-refractivity contribution in [1.29, 1.82) is 0 Å². The van der Waals surface area contributed by atoms with Gasteiger partial charge >= 0.3 is 0 Å². The summed E-state index contributed by atoms with van der Waals surface area (Å²) in [6, 6.07) is 5.80. The molecule has 0 radical (unpaired) electrons. The van der Waals surface area contributed by atoms with E-state index in [4.69, 9.17) is 17.3 Å². The largest absolute Gasteiger partial charge is 0.399 e. The average Bonchev–Trinajstić information content (AvgIpc) is 2.22. The van der Waals surface area contributed by atoms with Crippen LogP contribution in [-0.4, -0.2) is 18.0 Å². The van der Waals surface area contributed by atoms with Crippen molar-refractivity contribution in [2.45, 2.75) is 26.3 Å². The molecule has 88 valence electrons. The zero-order valence-electron chi connectivity index (χ0n) is 9.75. The van der Waals surface area contributed by atoms with E-state index in [1.54, 1.807) is 0 Å². The second-order valence-electron chi connectivity index (χ2n) is 4.83. The number of piperidine rings is 1. The Morgan fingerprint density at radius 3 is 3.00 bits per heavy atom. The van der Waals surface area contributed by atoms with Gasteiger partial charge in [0.1, 0.15) is 0 Å². The van der Waals surface area contributed by atoms with Crippen molar-refractivity contribution in [1.82, 2.24) is 4.90 Å². The zero-order valence-corrected chi connectivity index (χ0v) is 10.5. The van der Waals surface area contributed by atoms with Gasteiger partial charge in [0.2, 0.25) is 0 Å². The van der Waals surface area contributed by atoms with E-state index in [1.165, 1.54) is 31.5 Å². The highest BCUT2D eigenvalue weighted by Crippen LogP contribution is 2.23. The molecule has 3 heteroatoms. The standard InChI is InChI=1S/C13H19ClN2/c1-10-3-2-6-16(8-10)9-11-4-5-12(15)7-13(11)14/h4-5,7,10H,2-3,6,8-9,15H2,1H3. The Balaban J connectivity index is 2.02. The summed E-state index contributed by atoms with van der Waals surface area (Å²) < 4.78 is 0. The highest BCUT2D eigenvalue weighted by Gasteiger charge is 2.16. The normalized spacial score (nSPS) is 22.2. The van der Waals surface area contributed by atoms with Crippen LogP contribution in [0.2, 0.25) is 5.02 Å². The second kappa shape index (κ2) is 5.07. The third kappa shape index (κ3) is 2.89. The summed E-state index contributed by atoms with van der Waals surface area (Å²) in [4.78, 5) is 2.48. The molecule has 0 spiro atoms. The molecule has 1 aliphatic heterocycles. The van der Waals surface area contributed by atoms with Crippen molar-refractivity contribution in [3.63, 3.8) is 0 Å². The minimum absolute atomic E-state index is 0.737. The van der Waals surface area contributed by atoms with Gasteiger partial charge in [-0.25, -0.2) is 0 Å². The van der Waals surface area contributed by atoms with E-state index < -0.39 is 0 Å². The molecule has 2 nitrogen and oxygen atoms in total. The summed E-state index contributed by atoms with van der Waals surface area (Å²) in [6.07, 6.45) is 2.65. The van der Waals surface area contributed by atoms with Crippen LogP contribution in [-0.2, 0) is 6.54 Å². The number of benzene rings is 1. The maximum Gasteiger partial charge on any atom is 0.0471 e. The van der Waals surface area contributed by atoms with Crippen LogP contribution in [0.5, 0.6) is 0 Å². The second-order valence-corrected chi connectivity index (χ2v) is 5.24. The van der Waals surface area contributed by atoms with Crippen molar-refractivity contribution in [2.75, 3.05) is 18.8 Å². The third-order valence-corrected chi connectivity index (χ3v) is 3.56. The lowest BCUT2D eigenvalue weighted by atomic mass is 10.00. The van der Waals surface area contributed by atoms with Crippen LogP contribution in [0.3, 0.4) is 0 Å². The molecular weight excluding hydrogens is 220 g/mol. The number of rotatable bonds is 2. The van der Waals surface area contributed by atoms with Gasteiger partial charge in [-0.15, -0.1) is 0 Å². The predicted octanol–water partition coefficient (Wildman–Crippen LogP) is 3.15. The van der Waals surface area contributed by atoms with Gasteiger partial charge in [-0.1, -0.05) is 24.6 Å². The number of likely N-dealkylation sites (tertiary alicyclic amines) is 1. The van der Waals surface area contributed by atoms with Gasteiger partial charge in [0.05, 0.1) is 0 Å². The summed E-state index contributed by atoms with van der Waals surface area (Å²) in [5, 5.41) is 0.790. The first kappa shape index (κ1) is 11.7. The molecule has 16 heavy (non-hydrogen) atoms. The highest BCUT2D eigenvalue weighted by molar-refractivity contribution is 6.31. The average molecular weight is 239 g/mol. The monoisotopic (exact) mass is 238 g/mol. The summed E-state index contributed by atoms with van der Waals surface area (Å²) in [7, 11) is 0. The zero-order chi connectivity index (χ0) is 11.5. The number of hydrogen-bond donors (Lipinski definition) is 1. The Morgan fingerprint density at radius 1 is 1.50 bits per heavy atom. The van der Waals surface area contributed by atoms with E-state index in [2.05, 4.69) is 11.8 Å². The van der Waals surface area contributed by atoms with Crippen LogP contribution in [0.15, 0.2) is 18.2 Å². The van der Waals surface area contributed by atoms with Gasteiger partial charge in [-0.3, -0.25) is 4.90 Å². The Kier molecular flexibility index (Phi) is 3.72. The number of halogens is 1. The molecule has 2 rings (SSSR count). The van der Waals surface area contributed by atoms with Crippen molar-refractivity contribution >= 4 is 17.3 Å². The van der Waals surface area contributed by atoms with Gasteiger partial charge in [0.15, 0.2) is 0 Å². The van der Waals surface area contributed by atoms with E-state index in [9.17, 15) is 0 Å². The Hall–Kier alpha value is -0.730. The van der Waals surface area contributed by atoms with Crippen LogP contribution in [0.4, 0.5) is 5.69 Å². The Labute approximate surface area is 102 Å². The maximum atomic E-state index is 6.18. The van der Waals surface area contributed by atoms with Crippen molar-refractivity contribution in [3.8, 4) is 0 Å². The van der Waals surface area contributed by atoms with Crippen LogP contribution in [0, 0.1) is 5.92 Å². The lowest BCUT2D eigenvalue weighted by molar-refractivity contribution is 0.176. The first-order chi connectivity index (χ1) is 7.65. The SMILES string of the molecule is CC1CCCN(Cc2ccc(N)cc2Cl)C1. The lowest BCUT2D eigenvalue weighted by Gasteiger charge is -2.31. The van der Waals surface area contributed by atoms with Gasteiger partial charge in [0.25, 0.3) is 0 Å². The molecule has 0 saturated carbocycles. The van der Waals surface area contributed by atoms with E-state index in [0.717, 1.165) is 23.2 Å². The van der Waals surface area contributed by atoms with Crippen molar-refractivity contribution in [2.24, 2.45) is 5.92 Å². The van der Waals surface area contributed by atoms with Crippen molar-refractivity contribution < 1.29 is 0 Å². The van der Waals surface area contributed by atoms with Gasteiger partial charge in [0, 0.05) is 23.8 Å². The number of anilines is 1. The highest BCUT2D eigenvalue weighted by atomic mass is 35.5. The molecule has 2 N–H and O–H groups in total. The van der Waals surface area contributed by atoms with Crippen LogP contribution in [0.25, 0.3) is 0 Å². The Bertz CT molecular complexity index is 365. The maximum absolute atomic E-state index is 6.18. The van der Waals surface area contributed by atoms with Crippen molar-refractivity contribution in [3.05, 3.63) is 28.8 Å². The first-order valence-electron chi connectivity index (χ1n) is 5.91. The molecule has 0 amide bonds. The topological polar surface area (TPSA) is 29.3 Å². The van der Waals surface area contributed by atoms with Gasteiger partial charge < -0.3 is 5.73 Å². The quantitative estimate of drug-likeness (QED) is 0.802. The molecule has 1 heterocycles.